The van der Waals surface area contributed by atoms with Crippen LogP contribution >= 0.6 is 0 Å². The van der Waals surface area contributed by atoms with E-state index in [-0.39, 0.29) is 12.3 Å². The molecule has 0 spiro atoms. The molecule has 14 heavy (non-hydrogen) atoms. The molecule has 80 valence electrons. The van der Waals surface area contributed by atoms with E-state index in [0.29, 0.717) is 18.7 Å². The summed E-state index contributed by atoms with van der Waals surface area (Å²) in [4.78, 5) is 0. The molecule has 0 saturated carbocycles. The standard InChI is InChI=1S/C7H13N3O3S/c8-3-1-5-14(11,12)10-6-7-2-4-9-13-7/h2,4,10H,1,3,5-6,8H2. The highest BCUT2D eigenvalue weighted by atomic mass is 32.2. The monoisotopic (exact) mass is 219 g/mol. The highest BCUT2D eigenvalue weighted by Gasteiger charge is 2.09. The molecule has 0 unspecified atom stereocenters. The lowest BCUT2D eigenvalue weighted by Gasteiger charge is -2.02. The molecular formula is C7H13N3O3S. The van der Waals surface area contributed by atoms with E-state index in [1.54, 1.807) is 6.07 Å². The van der Waals surface area contributed by atoms with Gasteiger partial charge in [0.05, 0.1) is 18.5 Å². The summed E-state index contributed by atoms with van der Waals surface area (Å²) in [5.41, 5.74) is 5.21. The van der Waals surface area contributed by atoms with Gasteiger partial charge in [-0.3, -0.25) is 0 Å². The smallest absolute Gasteiger partial charge is 0.212 e. The number of rotatable bonds is 6. The molecule has 1 aromatic heterocycles. The summed E-state index contributed by atoms with van der Waals surface area (Å²) in [6.07, 6.45) is 1.91. The summed E-state index contributed by atoms with van der Waals surface area (Å²) in [7, 11) is -3.24. The van der Waals surface area contributed by atoms with Crippen molar-refractivity contribution in [3.63, 3.8) is 0 Å². The number of sulfonamides is 1. The second kappa shape index (κ2) is 5.08. The second-order valence-corrected chi connectivity index (χ2v) is 4.69. The molecule has 0 atom stereocenters. The van der Waals surface area contributed by atoms with Gasteiger partial charge in [-0.25, -0.2) is 13.1 Å². The molecule has 1 aromatic rings. The Hall–Kier alpha value is -0.920. The minimum Gasteiger partial charge on any atom is -0.360 e. The Morgan fingerprint density at radius 2 is 2.36 bits per heavy atom. The third-order valence-corrected chi connectivity index (χ3v) is 2.99. The molecule has 1 heterocycles. The topological polar surface area (TPSA) is 98.2 Å². The van der Waals surface area contributed by atoms with Crippen molar-refractivity contribution in [2.45, 2.75) is 13.0 Å². The predicted molar refractivity (Wildman–Crippen MR) is 50.8 cm³/mol. The van der Waals surface area contributed by atoms with Crippen LogP contribution in [-0.2, 0) is 16.6 Å². The summed E-state index contributed by atoms with van der Waals surface area (Å²) in [5.74, 6) is 0.527. The third-order valence-electron chi connectivity index (χ3n) is 1.57. The van der Waals surface area contributed by atoms with Crippen LogP contribution < -0.4 is 10.5 Å². The highest BCUT2D eigenvalue weighted by Crippen LogP contribution is 1.97. The van der Waals surface area contributed by atoms with Crippen LogP contribution in [-0.4, -0.2) is 25.9 Å². The zero-order valence-electron chi connectivity index (χ0n) is 7.64. The van der Waals surface area contributed by atoms with Crippen LogP contribution in [0, 0.1) is 0 Å². The van der Waals surface area contributed by atoms with Crippen molar-refractivity contribution in [3.05, 3.63) is 18.0 Å². The van der Waals surface area contributed by atoms with E-state index in [2.05, 4.69) is 9.88 Å². The van der Waals surface area contributed by atoms with Crippen molar-refractivity contribution >= 4 is 10.0 Å². The lowest BCUT2D eigenvalue weighted by atomic mass is 10.5. The van der Waals surface area contributed by atoms with E-state index in [1.807, 2.05) is 0 Å². The van der Waals surface area contributed by atoms with Crippen molar-refractivity contribution in [2.24, 2.45) is 5.73 Å². The number of nitrogens with zero attached hydrogens (tertiary/aromatic N) is 1. The van der Waals surface area contributed by atoms with Gasteiger partial charge in [0.25, 0.3) is 0 Å². The molecule has 0 aliphatic carbocycles. The number of hydrogen-bond donors (Lipinski definition) is 2. The summed E-state index contributed by atoms with van der Waals surface area (Å²) >= 11 is 0. The lowest BCUT2D eigenvalue weighted by Crippen LogP contribution is -2.26. The zero-order chi connectivity index (χ0) is 10.4. The first kappa shape index (κ1) is 11.2. The van der Waals surface area contributed by atoms with Gasteiger partial charge in [-0.2, -0.15) is 0 Å². The summed E-state index contributed by atoms with van der Waals surface area (Å²) in [6, 6.07) is 1.60. The summed E-state index contributed by atoms with van der Waals surface area (Å²) in [6.45, 7) is 0.496. The van der Waals surface area contributed by atoms with Crippen molar-refractivity contribution < 1.29 is 12.9 Å². The van der Waals surface area contributed by atoms with Crippen molar-refractivity contribution in [1.29, 1.82) is 0 Å². The summed E-state index contributed by atoms with van der Waals surface area (Å²) < 4.78 is 29.6. The molecule has 0 fully saturated rings. The van der Waals surface area contributed by atoms with Gasteiger partial charge >= 0.3 is 0 Å². The average molecular weight is 219 g/mol. The van der Waals surface area contributed by atoms with E-state index < -0.39 is 10.0 Å². The molecule has 0 aliphatic rings. The maximum atomic E-state index is 11.3. The fourth-order valence-electron chi connectivity index (χ4n) is 0.860. The average Bonchev–Trinajstić information content (AvgIpc) is 2.64. The maximum Gasteiger partial charge on any atom is 0.212 e. The minimum atomic E-state index is -3.24. The van der Waals surface area contributed by atoms with Gasteiger partial charge in [0, 0.05) is 6.07 Å². The molecule has 0 aliphatic heterocycles. The first-order chi connectivity index (χ1) is 6.64. The van der Waals surface area contributed by atoms with Gasteiger partial charge in [-0.1, -0.05) is 5.16 Å². The normalized spacial score (nSPS) is 11.8. The van der Waals surface area contributed by atoms with Crippen LogP contribution in [0.2, 0.25) is 0 Å². The Kier molecular flexibility index (Phi) is 4.05. The number of nitrogens with two attached hydrogens (primary N) is 1. The molecule has 1 rings (SSSR count). The lowest BCUT2D eigenvalue weighted by molar-refractivity contribution is 0.380. The number of hydrogen-bond acceptors (Lipinski definition) is 5. The SMILES string of the molecule is NCCCS(=O)(=O)NCc1ccno1. The second-order valence-electron chi connectivity index (χ2n) is 2.76. The van der Waals surface area contributed by atoms with E-state index in [4.69, 9.17) is 10.3 Å². The molecule has 3 N–H and O–H groups in total. The van der Waals surface area contributed by atoms with E-state index in [0.717, 1.165) is 0 Å². The van der Waals surface area contributed by atoms with Crippen LogP contribution in [0.15, 0.2) is 16.8 Å². The van der Waals surface area contributed by atoms with Gasteiger partial charge in [0.15, 0.2) is 5.76 Å². The molecule has 6 nitrogen and oxygen atoms in total. The van der Waals surface area contributed by atoms with Gasteiger partial charge in [-0.15, -0.1) is 0 Å². The third kappa shape index (κ3) is 3.86. The van der Waals surface area contributed by atoms with Gasteiger partial charge < -0.3 is 10.3 Å². The molecule has 7 heteroatoms. The highest BCUT2D eigenvalue weighted by molar-refractivity contribution is 7.89. The number of nitrogens with one attached hydrogen (secondary N) is 1. The Bertz CT molecular complexity index is 346. The maximum absolute atomic E-state index is 11.3. The first-order valence-electron chi connectivity index (χ1n) is 4.21. The van der Waals surface area contributed by atoms with Gasteiger partial charge in [-0.05, 0) is 13.0 Å². The fourth-order valence-corrected chi connectivity index (χ4v) is 1.91. The van der Waals surface area contributed by atoms with Gasteiger partial charge in [0.1, 0.15) is 0 Å². The largest absolute Gasteiger partial charge is 0.360 e. The quantitative estimate of drug-likeness (QED) is 0.668. The number of aromatic nitrogens is 1. The molecular weight excluding hydrogens is 206 g/mol. The van der Waals surface area contributed by atoms with E-state index in [9.17, 15) is 8.42 Å². The minimum absolute atomic E-state index is 0.0393. The van der Waals surface area contributed by atoms with Crippen molar-refractivity contribution in [2.75, 3.05) is 12.3 Å². The van der Waals surface area contributed by atoms with Gasteiger partial charge in [0.2, 0.25) is 10.0 Å². The predicted octanol–water partition coefficient (Wildman–Crippen LogP) is -0.557. The fraction of sp³-hybridized carbons (Fsp3) is 0.571. The Morgan fingerprint density at radius 3 is 2.93 bits per heavy atom. The molecule has 0 aromatic carbocycles. The molecule has 0 saturated heterocycles. The zero-order valence-corrected chi connectivity index (χ0v) is 8.46. The Morgan fingerprint density at radius 1 is 1.57 bits per heavy atom. The molecule has 0 bridgehead atoms. The van der Waals surface area contributed by atoms with Crippen LogP contribution in [0.4, 0.5) is 0 Å². The van der Waals surface area contributed by atoms with Crippen LogP contribution in [0.25, 0.3) is 0 Å². The van der Waals surface area contributed by atoms with Crippen LogP contribution in [0.1, 0.15) is 12.2 Å². The van der Waals surface area contributed by atoms with E-state index in [1.165, 1.54) is 6.20 Å². The van der Waals surface area contributed by atoms with E-state index >= 15 is 0 Å². The van der Waals surface area contributed by atoms with Crippen molar-refractivity contribution in [3.8, 4) is 0 Å². The molecule has 0 radical (unpaired) electrons. The van der Waals surface area contributed by atoms with Crippen LogP contribution in [0.3, 0.4) is 0 Å². The summed E-state index contributed by atoms with van der Waals surface area (Å²) in [5, 5.41) is 3.46. The van der Waals surface area contributed by atoms with Crippen molar-refractivity contribution in [1.82, 2.24) is 9.88 Å². The molecule has 0 amide bonds. The first-order valence-corrected chi connectivity index (χ1v) is 5.86. The Balaban J connectivity index is 2.37. The Labute approximate surface area is 82.5 Å². The van der Waals surface area contributed by atoms with Crippen LogP contribution in [0.5, 0.6) is 0 Å².